The number of hydrogen-bond donors (Lipinski definition) is 1. The number of ether oxygens (including phenoxy) is 1. The zero-order valence-electron chi connectivity index (χ0n) is 10.3. The van der Waals surface area contributed by atoms with Crippen molar-refractivity contribution in [1.29, 1.82) is 0 Å². The molecule has 1 aromatic carbocycles. The number of Topliss-reactive ketones (excluding diaryl/α,β-unsaturated/α-hetero) is 1. The van der Waals surface area contributed by atoms with Gasteiger partial charge in [0.2, 0.25) is 0 Å². The average molecular weight is 234 g/mol. The molecule has 0 radical (unpaired) electrons. The van der Waals surface area contributed by atoms with Gasteiger partial charge >= 0.3 is 0 Å². The summed E-state index contributed by atoms with van der Waals surface area (Å²) in [6.07, 6.45) is 2.53. The molecule has 0 amide bonds. The summed E-state index contributed by atoms with van der Waals surface area (Å²) < 4.78 is 5.48. The minimum atomic E-state index is -0.861. The molecule has 17 heavy (non-hydrogen) atoms. The van der Waals surface area contributed by atoms with Crippen LogP contribution in [0, 0.1) is 0 Å². The van der Waals surface area contributed by atoms with Crippen LogP contribution >= 0.6 is 0 Å². The minimum absolute atomic E-state index is 0.194. The topological polar surface area (TPSA) is 46.5 Å². The number of carbonyl (C=O) groups is 1. The van der Waals surface area contributed by atoms with Crippen molar-refractivity contribution < 1.29 is 14.6 Å². The van der Waals surface area contributed by atoms with Gasteiger partial charge in [-0.15, -0.1) is 0 Å². The molecular weight excluding hydrogens is 216 g/mol. The highest BCUT2D eigenvalue weighted by Gasteiger charge is 2.18. The predicted octanol–water partition coefficient (Wildman–Crippen LogP) is 2.36. The number of aliphatic hydroxyl groups is 1. The third-order valence-electron chi connectivity index (χ3n) is 2.82. The molecule has 92 valence electrons. The molecule has 1 aliphatic rings. The highest BCUT2D eigenvalue weighted by molar-refractivity contribution is 5.98. The number of fused-ring (bicyclic) bond motifs is 1. The lowest BCUT2D eigenvalue weighted by Gasteiger charge is -2.19. The van der Waals surface area contributed by atoms with E-state index in [0.29, 0.717) is 12.2 Å². The Hall–Kier alpha value is -1.35. The first-order chi connectivity index (χ1) is 7.96. The maximum absolute atomic E-state index is 11.7. The molecule has 3 heteroatoms. The van der Waals surface area contributed by atoms with E-state index in [4.69, 9.17) is 4.74 Å². The van der Waals surface area contributed by atoms with Gasteiger partial charge in [0.25, 0.3) is 0 Å². The molecule has 0 saturated heterocycles. The summed E-state index contributed by atoms with van der Waals surface area (Å²) in [4.78, 5) is 11.7. The van der Waals surface area contributed by atoms with Crippen LogP contribution in [0.4, 0.5) is 0 Å². The molecule has 0 saturated carbocycles. The van der Waals surface area contributed by atoms with Crippen molar-refractivity contribution in [2.45, 2.75) is 38.7 Å². The van der Waals surface area contributed by atoms with Crippen LogP contribution in [0.2, 0.25) is 0 Å². The summed E-state index contributed by atoms with van der Waals surface area (Å²) in [5, 5.41) is 9.58. The number of aryl methyl sites for hydroxylation is 1. The van der Waals surface area contributed by atoms with Gasteiger partial charge in [-0.2, -0.15) is 0 Å². The van der Waals surface area contributed by atoms with Gasteiger partial charge in [0.1, 0.15) is 12.4 Å². The zero-order valence-corrected chi connectivity index (χ0v) is 10.3. The molecule has 0 bridgehead atoms. The Morgan fingerprint density at radius 2 is 2.12 bits per heavy atom. The first-order valence-corrected chi connectivity index (χ1v) is 5.97. The van der Waals surface area contributed by atoms with Gasteiger partial charge in [0.15, 0.2) is 5.78 Å². The molecule has 1 aliphatic carbocycles. The van der Waals surface area contributed by atoms with E-state index in [1.54, 1.807) is 19.9 Å². The quantitative estimate of drug-likeness (QED) is 0.873. The average Bonchev–Trinajstić information content (AvgIpc) is 2.26. The van der Waals surface area contributed by atoms with Gasteiger partial charge in [-0.25, -0.2) is 0 Å². The summed E-state index contributed by atoms with van der Waals surface area (Å²) in [5.41, 5.74) is 1.03. The van der Waals surface area contributed by atoms with Gasteiger partial charge in [-0.05, 0) is 44.4 Å². The second kappa shape index (κ2) is 4.49. The first-order valence-electron chi connectivity index (χ1n) is 5.97. The SMILES string of the molecule is CC(C)(O)COc1ccc2c(c1)C(=O)CCC2. The summed E-state index contributed by atoms with van der Waals surface area (Å²) in [6.45, 7) is 3.60. The van der Waals surface area contributed by atoms with Gasteiger partial charge in [0, 0.05) is 12.0 Å². The maximum atomic E-state index is 11.7. The van der Waals surface area contributed by atoms with E-state index in [-0.39, 0.29) is 12.4 Å². The standard InChI is InChI=1S/C14H18O3/c1-14(2,16)9-17-11-7-6-10-4-3-5-13(15)12(10)8-11/h6-8,16H,3-5,9H2,1-2H3. The Labute approximate surface area is 101 Å². The van der Waals surface area contributed by atoms with Crippen molar-refractivity contribution in [2.24, 2.45) is 0 Å². The number of carbonyl (C=O) groups excluding carboxylic acids is 1. The van der Waals surface area contributed by atoms with E-state index < -0.39 is 5.60 Å². The molecule has 3 nitrogen and oxygen atoms in total. The molecule has 1 N–H and O–H groups in total. The largest absolute Gasteiger partial charge is 0.491 e. The minimum Gasteiger partial charge on any atom is -0.491 e. The Bertz CT molecular complexity index is 430. The lowest BCUT2D eigenvalue weighted by molar-refractivity contribution is 0.0284. The fraction of sp³-hybridized carbons (Fsp3) is 0.500. The van der Waals surface area contributed by atoms with Gasteiger partial charge in [-0.1, -0.05) is 6.07 Å². The van der Waals surface area contributed by atoms with Crippen LogP contribution in [0.15, 0.2) is 18.2 Å². The van der Waals surface area contributed by atoms with E-state index in [1.807, 2.05) is 12.1 Å². The highest BCUT2D eigenvalue weighted by Crippen LogP contribution is 2.25. The van der Waals surface area contributed by atoms with E-state index in [0.717, 1.165) is 24.0 Å². The van der Waals surface area contributed by atoms with Crippen LogP contribution in [0.1, 0.15) is 42.6 Å². The summed E-state index contributed by atoms with van der Waals surface area (Å²) in [5.74, 6) is 0.848. The highest BCUT2D eigenvalue weighted by atomic mass is 16.5. The molecular formula is C14H18O3. The van der Waals surface area contributed by atoms with Crippen LogP contribution in [0.3, 0.4) is 0 Å². The zero-order chi connectivity index (χ0) is 12.5. The van der Waals surface area contributed by atoms with Crippen molar-refractivity contribution in [3.8, 4) is 5.75 Å². The number of benzene rings is 1. The third-order valence-corrected chi connectivity index (χ3v) is 2.82. The maximum Gasteiger partial charge on any atom is 0.163 e. The van der Waals surface area contributed by atoms with E-state index >= 15 is 0 Å². The fourth-order valence-electron chi connectivity index (χ4n) is 1.96. The predicted molar refractivity (Wildman–Crippen MR) is 65.5 cm³/mol. The summed E-state index contributed by atoms with van der Waals surface area (Å²) in [7, 11) is 0. The van der Waals surface area contributed by atoms with Crippen molar-refractivity contribution in [3.63, 3.8) is 0 Å². The van der Waals surface area contributed by atoms with Gasteiger partial charge in [-0.3, -0.25) is 4.79 Å². The molecule has 1 aromatic rings. The molecule has 0 spiro atoms. The van der Waals surface area contributed by atoms with Crippen molar-refractivity contribution in [3.05, 3.63) is 29.3 Å². The Kier molecular flexibility index (Phi) is 3.20. The molecule has 0 aliphatic heterocycles. The van der Waals surface area contributed by atoms with Crippen molar-refractivity contribution in [1.82, 2.24) is 0 Å². The van der Waals surface area contributed by atoms with Crippen LogP contribution < -0.4 is 4.74 Å². The molecule has 0 fully saturated rings. The molecule has 0 heterocycles. The lowest BCUT2D eigenvalue weighted by atomic mass is 9.90. The Morgan fingerprint density at radius 3 is 2.82 bits per heavy atom. The normalized spacial score (nSPS) is 15.6. The van der Waals surface area contributed by atoms with Gasteiger partial charge < -0.3 is 9.84 Å². The number of rotatable bonds is 3. The Morgan fingerprint density at radius 1 is 1.35 bits per heavy atom. The van der Waals surface area contributed by atoms with E-state index in [2.05, 4.69) is 0 Å². The summed E-state index contributed by atoms with van der Waals surface area (Å²) >= 11 is 0. The second-order valence-electron chi connectivity index (χ2n) is 5.20. The van der Waals surface area contributed by atoms with Crippen LogP contribution in [-0.4, -0.2) is 23.1 Å². The lowest BCUT2D eigenvalue weighted by Crippen LogP contribution is -2.28. The van der Waals surface area contributed by atoms with Crippen molar-refractivity contribution in [2.75, 3.05) is 6.61 Å². The smallest absolute Gasteiger partial charge is 0.163 e. The second-order valence-corrected chi connectivity index (χ2v) is 5.20. The van der Waals surface area contributed by atoms with Crippen LogP contribution in [0.25, 0.3) is 0 Å². The summed E-state index contributed by atoms with van der Waals surface area (Å²) in [6, 6.07) is 5.61. The van der Waals surface area contributed by atoms with Crippen LogP contribution in [-0.2, 0) is 6.42 Å². The number of ketones is 1. The third kappa shape index (κ3) is 3.07. The van der Waals surface area contributed by atoms with E-state index in [9.17, 15) is 9.90 Å². The number of hydrogen-bond acceptors (Lipinski definition) is 3. The van der Waals surface area contributed by atoms with E-state index in [1.165, 1.54) is 0 Å². The van der Waals surface area contributed by atoms with Crippen LogP contribution in [0.5, 0.6) is 5.75 Å². The van der Waals surface area contributed by atoms with Gasteiger partial charge in [0.05, 0.1) is 5.60 Å². The fourth-order valence-corrected chi connectivity index (χ4v) is 1.96. The molecule has 0 atom stereocenters. The van der Waals surface area contributed by atoms with Crippen molar-refractivity contribution >= 4 is 5.78 Å². The monoisotopic (exact) mass is 234 g/mol. The molecule has 0 unspecified atom stereocenters. The molecule has 0 aromatic heterocycles. The Balaban J connectivity index is 2.15. The first kappa shape index (κ1) is 12.1. The molecule has 2 rings (SSSR count).